The predicted octanol–water partition coefficient (Wildman–Crippen LogP) is 0.112. The van der Waals surface area contributed by atoms with E-state index in [9.17, 15) is 0 Å². The third kappa shape index (κ3) is 6.06. The van der Waals surface area contributed by atoms with Crippen LogP contribution >= 0.6 is 0 Å². The zero-order valence-corrected chi connectivity index (χ0v) is 13.0. The average molecular weight is 287 g/mol. The Kier molecular flexibility index (Phi) is 9.39. The van der Waals surface area contributed by atoms with Crippen LogP contribution < -0.4 is 5.73 Å². The van der Waals surface area contributed by atoms with Gasteiger partial charge in [0.15, 0.2) is 0 Å². The van der Waals surface area contributed by atoms with Crippen LogP contribution in [0.2, 0.25) is 0 Å². The van der Waals surface area contributed by atoms with Crippen LogP contribution in [0.25, 0.3) is 0 Å². The minimum absolute atomic E-state index is 0.169. The van der Waals surface area contributed by atoms with Gasteiger partial charge in [-0.3, -0.25) is 4.90 Å². The lowest BCUT2D eigenvalue weighted by atomic mass is 9.89. The van der Waals surface area contributed by atoms with Crippen molar-refractivity contribution in [3.8, 4) is 0 Å². The SMILES string of the molecule is CC(C1CCN(CCCCN)CC1)N(CCO)CCO. The normalized spacial score (nSPS) is 19.6. The van der Waals surface area contributed by atoms with Gasteiger partial charge in [0, 0.05) is 19.1 Å². The number of hydrogen-bond donors (Lipinski definition) is 3. The molecule has 0 aromatic carbocycles. The van der Waals surface area contributed by atoms with E-state index in [1.807, 2.05) is 0 Å². The van der Waals surface area contributed by atoms with Crippen LogP contribution in [0.5, 0.6) is 0 Å². The summed E-state index contributed by atoms with van der Waals surface area (Å²) in [6.45, 7) is 8.22. The molecule has 1 atom stereocenters. The molecule has 0 radical (unpaired) electrons. The fraction of sp³-hybridized carbons (Fsp3) is 1.00. The quantitative estimate of drug-likeness (QED) is 0.498. The van der Waals surface area contributed by atoms with Crippen molar-refractivity contribution in [1.29, 1.82) is 0 Å². The summed E-state index contributed by atoms with van der Waals surface area (Å²) < 4.78 is 0. The highest BCUT2D eigenvalue weighted by molar-refractivity contribution is 4.81. The fourth-order valence-electron chi connectivity index (χ4n) is 3.21. The molecule has 1 aliphatic rings. The van der Waals surface area contributed by atoms with Gasteiger partial charge in [-0.2, -0.15) is 0 Å². The van der Waals surface area contributed by atoms with E-state index in [4.69, 9.17) is 15.9 Å². The van der Waals surface area contributed by atoms with Crippen molar-refractivity contribution in [2.24, 2.45) is 11.7 Å². The Morgan fingerprint density at radius 3 is 2.25 bits per heavy atom. The summed E-state index contributed by atoms with van der Waals surface area (Å²) in [6.07, 6.45) is 4.77. The van der Waals surface area contributed by atoms with Gasteiger partial charge in [-0.1, -0.05) is 0 Å². The Labute approximate surface area is 123 Å². The van der Waals surface area contributed by atoms with E-state index >= 15 is 0 Å². The molecule has 0 aliphatic carbocycles. The summed E-state index contributed by atoms with van der Waals surface area (Å²) in [7, 11) is 0. The van der Waals surface area contributed by atoms with Crippen LogP contribution in [0, 0.1) is 5.92 Å². The monoisotopic (exact) mass is 287 g/mol. The van der Waals surface area contributed by atoms with E-state index in [0.717, 1.165) is 13.0 Å². The molecule has 0 bridgehead atoms. The lowest BCUT2D eigenvalue weighted by Gasteiger charge is -2.39. The first kappa shape index (κ1) is 17.9. The number of nitrogens with two attached hydrogens (primary N) is 1. The maximum absolute atomic E-state index is 9.13. The summed E-state index contributed by atoms with van der Waals surface area (Å²) >= 11 is 0. The molecule has 1 rings (SSSR count). The van der Waals surface area contributed by atoms with Crippen molar-refractivity contribution < 1.29 is 10.2 Å². The molecule has 1 heterocycles. The predicted molar refractivity (Wildman–Crippen MR) is 82.7 cm³/mol. The highest BCUT2D eigenvalue weighted by Gasteiger charge is 2.26. The van der Waals surface area contributed by atoms with Gasteiger partial charge in [0.25, 0.3) is 0 Å². The summed E-state index contributed by atoms with van der Waals surface area (Å²) in [5, 5.41) is 18.3. The molecule has 0 spiro atoms. The Morgan fingerprint density at radius 2 is 1.75 bits per heavy atom. The molecule has 0 aromatic heterocycles. The van der Waals surface area contributed by atoms with E-state index in [0.29, 0.717) is 25.0 Å². The number of unbranched alkanes of at least 4 members (excludes halogenated alkanes) is 1. The van der Waals surface area contributed by atoms with Crippen LogP contribution in [0.4, 0.5) is 0 Å². The first-order chi connectivity index (χ1) is 9.72. The third-order valence-corrected chi connectivity index (χ3v) is 4.59. The van der Waals surface area contributed by atoms with Crippen LogP contribution in [-0.4, -0.2) is 78.5 Å². The van der Waals surface area contributed by atoms with Gasteiger partial charge < -0.3 is 20.8 Å². The maximum Gasteiger partial charge on any atom is 0.0558 e. The van der Waals surface area contributed by atoms with Crippen LogP contribution in [0.1, 0.15) is 32.6 Å². The Bertz CT molecular complexity index is 227. The molecule has 0 aromatic rings. The molecule has 5 heteroatoms. The number of likely N-dealkylation sites (tertiary alicyclic amines) is 1. The van der Waals surface area contributed by atoms with E-state index < -0.39 is 0 Å². The molecule has 0 saturated carbocycles. The van der Waals surface area contributed by atoms with Crippen molar-refractivity contribution >= 4 is 0 Å². The highest BCUT2D eigenvalue weighted by Crippen LogP contribution is 2.24. The Balaban J connectivity index is 2.31. The topological polar surface area (TPSA) is 73.0 Å². The number of hydrogen-bond acceptors (Lipinski definition) is 5. The van der Waals surface area contributed by atoms with E-state index in [1.165, 1.54) is 38.9 Å². The van der Waals surface area contributed by atoms with E-state index in [1.54, 1.807) is 0 Å². The van der Waals surface area contributed by atoms with Gasteiger partial charge in [-0.05, 0) is 64.7 Å². The van der Waals surface area contributed by atoms with Crippen molar-refractivity contribution in [1.82, 2.24) is 9.80 Å². The molecule has 0 amide bonds. The first-order valence-electron chi connectivity index (χ1n) is 8.11. The first-order valence-corrected chi connectivity index (χ1v) is 8.11. The third-order valence-electron chi connectivity index (χ3n) is 4.59. The number of piperidine rings is 1. The second kappa shape index (κ2) is 10.5. The smallest absolute Gasteiger partial charge is 0.0558 e. The zero-order valence-electron chi connectivity index (χ0n) is 13.0. The zero-order chi connectivity index (χ0) is 14.8. The lowest BCUT2D eigenvalue weighted by Crippen LogP contribution is -2.46. The molecule has 20 heavy (non-hydrogen) atoms. The Hall–Kier alpha value is -0.200. The average Bonchev–Trinajstić information content (AvgIpc) is 2.47. The molecule has 120 valence electrons. The molecule has 1 aliphatic heterocycles. The minimum Gasteiger partial charge on any atom is -0.395 e. The largest absolute Gasteiger partial charge is 0.395 e. The molecular weight excluding hydrogens is 254 g/mol. The summed E-state index contributed by atoms with van der Waals surface area (Å²) in [5.41, 5.74) is 5.53. The summed E-state index contributed by atoms with van der Waals surface area (Å²) in [6, 6.07) is 0.445. The second-order valence-corrected chi connectivity index (χ2v) is 5.90. The van der Waals surface area contributed by atoms with Crippen molar-refractivity contribution in [2.45, 2.75) is 38.6 Å². The molecule has 1 saturated heterocycles. The van der Waals surface area contributed by atoms with Crippen LogP contribution in [0.15, 0.2) is 0 Å². The summed E-state index contributed by atoms with van der Waals surface area (Å²) in [5.74, 6) is 0.679. The molecule has 5 nitrogen and oxygen atoms in total. The second-order valence-electron chi connectivity index (χ2n) is 5.90. The highest BCUT2D eigenvalue weighted by atomic mass is 16.3. The van der Waals surface area contributed by atoms with E-state index in [-0.39, 0.29) is 13.2 Å². The van der Waals surface area contributed by atoms with Gasteiger partial charge in [-0.15, -0.1) is 0 Å². The number of nitrogens with zero attached hydrogens (tertiary/aromatic N) is 2. The van der Waals surface area contributed by atoms with Gasteiger partial charge in [0.1, 0.15) is 0 Å². The van der Waals surface area contributed by atoms with Gasteiger partial charge >= 0.3 is 0 Å². The van der Waals surface area contributed by atoms with Crippen molar-refractivity contribution in [3.05, 3.63) is 0 Å². The maximum atomic E-state index is 9.13. The van der Waals surface area contributed by atoms with Gasteiger partial charge in [-0.25, -0.2) is 0 Å². The molecule has 4 N–H and O–H groups in total. The minimum atomic E-state index is 0.169. The number of rotatable bonds is 10. The molecule has 1 unspecified atom stereocenters. The van der Waals surface area contributed by atoms with Gasteiger partial charge in [0.05, 0.1) is 13.2 Å². The standard InChI is InChI=1S/C15H33N3O2/c1-14(18(10-12-19)11-13-20)15-4-8-17(9-5-15)7-3-2-6-16/h14-15,19-20H,2-13,16H2,1H3. The molecule has 1 fully saturated rings. The summed E-state index contributed by atoms with van der Waals surface area (Å²) in [4.78, 5) is 4.76. The fourth-order valence-corrected chi connectivity index (χ4v) is 3.21. The number of aliphatic hydroxyl groups is 2. The molecular formula is C15H33N3O2. The van der Waals surface area contributed by atoms with Crippen LogP contribution in [-0.2, 0) is 0 Å². The number of aliphatic hydroxyl groups excluding tert-OH is 2. The Morgan fingerprint density at radius 1 is 1.15 bits per heavy atom. The van der Waals surface area contributed by atoms with Crippen molar-refractivity contribution in [2.75, 3.05) is 52.5 Å². The van der Waals surface area contributed by atoms with Crippen LogP contribution in [0.3, 0.4) is 0 Å². The van der Waals surface area contributed by atoms with Crippen molar-refractivity contribution in [3.63, 3.8) is 0 Å². The van der Waals surface area contributed by atoms with Gasteiger partial charge in [0.2, 0.25) is 0 Å². The lowest BCUT2D eigenvalue weighted by molar-refractivity contribution is 0.0687. The van der Waals surface area contributed by atoms with E-state index in [2.05, 4.69) is 16.7 Å².